The molecule has 21 heavy (non-hydrogen) atoms. The molecule has 5 nitrogen and oxygen atoms in total. The van der Waals surface area contributed by atoms with E-state index in [1.165, 1.54) is 0 Å². The molecule has 1 aliphatic rings. The highest BCUT2D eigenvalue weighted by Crippen LogP contribution is 2.12. The van der Waals surface area contributed by atoms with Crippen molar-refractivity contribution in [1.82, 2.24) is 10.6 Å². The number of rotatable bonds is 5. The van der Waals surface area contributed by atoms with Crippen LogP contribution < -0.4 is 16.0 Å². The summed E-state index contributed by atoms with van der Waals surface area (Å²) < 4.78 is 5.49. The second-order valence-corrected chi connectivity index (χ2v) is 5.32. The van der Waals surface area contributed by atoms with E-state index in [1.807, 2.05) is 19.1 Å². The zero-order valence-electron chi connectivity index (χ0n) is 12.1. The smallest absolute Gasteiger partial charge is 0.251 e. The highest BCUT2D eigenvalue weighted by Gasteiger charge is 2.16. The van der Waals surface area contributed by atoms with Crippen molar-refractivity contribution in [3.8, 4) is 0 Å². The zero-order chi connectivity index (χ0) is 15.1. The van der Waals surface area contributed by atoms with Gasteiger partial charge < -0.3 is 20.7 Å². The summed E-state index contributed by atoms with van der Waals surface area (Å²) in [5.41, 5.74) is 1.41. The fourth-order valence-corrected chi connectivity index (χ4v) is 2.45. The predicted octanol–water partition coefficient (Wildman–Crippen LogP) is 1.90. The Hall–Kier alpha value is -1.66. The van der Waals surface area contributed by atoms with Crippen LogP contribution >= 0.6 is 12.2 Å². The number of ether oxygens (including phenoxy) is 1. The number of nitrogens with one attached hydrogen (secondary N) is 3. The molecule has 1 fully saturated rings. The van der Waals surface area contributed by atoms with Crippen molar-refractivity contribution < 1.29 is 9.53 Å². The average molecular weight is 307 g/mol. The molecule has 1 atom stereocenters. The number of hydrogen-bond donors (Lipinski definition) is 3. The fraction of sp³-hybridized carbons (Fsp3) is 0.467. The molecule has 3 N–H and O–H groups in total. The molecule has 114 valence electrons. The Morgan fingerprint density at radius 2 is 2.29 bits per heavy atom. The summed E-state index contributed by atoms with van der Waals surface area (Å²) in [7, 11) is 0. The maximum absolute atomic E-state index is 12.1. The summed E-state index contributed by atoms with van der Waals surface area (Å²) in [6.07, 6.45) is 2.23. The van der Waals surface area contributed by atoms with Crippen LogP contribution in [0.5, 0.6) is 0 Å². The lowest BCUT2D eigenvalue weighted by molar-refractivity contribution is 0.0858. The molecule has 6 heteroatoms. The van der Waals surface area contributed by atoms with E-state index in [9.17, 15) is 4.79 Å². The topological polar surface area (TPSA) is 62.4 Å². The summed E-state index contributed by atoms with van der Waals surface area (Å²) >= 11 is 5.13. The maximum atomic E-state index is 12.1. The number of carbonyl (C=O) groups is 1. The van der Waals surface area contributed by atoms with Gasteiger partial charge >= 0.3 is 0 Å². The molecule has 0 aliphatic carbocycles. The number of thiocarbonyl (C=S) groups is 1. The van der Waals surface area contributed by atoms with E-state index in [1.54, 1.807) is 12.1 Å². The molecular formula is C15H21N3O2S. The van der Waals surface area contributed by atoms with Gasteiger partial charge in [-0.05, 0) is 50.2 Å². The standard InChI is InChI=1S/C15H21N3O2S/c1-2-16-15(21)18-12-6-3-5-11(9-12)14(19)17-10-13-7-4-8-20-13/h3,5-6,9,13H,2,4,7-8,10H2,1H3,(H,17,19)(H2,16,18,21). The van der Waals surface area contributed by atoms with E-state index in [2.05, 4.69) is 16.0 Å². The molecule has 1 saturated heterocycles. The molecule has 0 radical (unpaired) electrons. The Morgan fingerprint density at radius 3 is 3.00 bits per heavy atom. The quantitative estimate of drug-likeness (QED) is 0.725. The Morgan fingerprint density at radius 1 is 1.43 bits per heavy atom. The Labute approximate surface area is 130 Å². The van der Waals surface area contributed by atoms with Crippen LogP contribution in [0.4, 0.5) is 5.69 Å². The van der Waals surface area contributed by atoms with E-state index >= 15 is 0 Å². The molecule has 2 rings (SSSR count). The minimum Gasteiger partial charge on any atom is -0.376 e. The number of carbonyl (C=O) groups excluding carboxylic acids is 1. The number of amides is 1. The summed E-state index contributed by atoms with van der Waals surface area (Å²) in [5, 5.41) is 9.52. The van der Waals surface area contributed by atoms with Crippen molar-refractivity contribution in [2.24, 2.45) is 0 Å². The summed E-state index contributed by atoms with van der Waals surface area (Å²) in [6.45, 7) is 4.09. The monoisotopic (exact) mass is 307 g/mol. The average Bonchev–Trinajstić information content (AvgIpc) is 2.98. The van der Waals surface area contributed by atoms with Crippen molar-refractivity contribution in [1.29, 1.82) is 0 Å². The van der Waals surface area contributed by atoms with Crippen LogP contribution in [0.2, 0.25) is 0 Å². The second kappa shape index (κ2) is 7.95. The Kier molecular flexibility index (Phi) is 5.95. The van der Waals surface area contributed by atoms with E-state index in [4.69, 9.17) is 17.0 Å². The van der Waals surface area contributed by atoms with Crippen molar-refractivity contribution >= 4 is 28.9 Å². The van der Waals surface area contributed by atoms with Gasteiger partial charge in [-0.15, -0.1) is 0 Å². The molecule has 1 aromatic carbocycles. The predicted molar refractivity (Wildman–Crippen MR) is 87.6 cm³/mol. The molecule has 1 amide bonds. The lowest BCUT2D eigenvalue weighted by atomic mass is 10.2. The fourth-order valence-electron chi connectivity index (χ4n) is 2.19. The van der Waals surface area contributed by atoms with Gasteiger partial charge in [0.05, 0.1) is 6.10 Å². The van der Waals surface area contributed by atoms with Crippen molar-refractivity contribution in [3.63, 3.8) is 0 Å². The number of anilines is 1. The Balaban J connectivity index is 1.89. The van der Waals surface area contributed by atoms with Gasteiger partial charge in [0.2, 0.25) is 0 Å². The van der Waals surface area contributed by atoms with E-state index in [0.29, 0.717) is 17.2 Å². The van der Waals surface area contributed by atoms with E-state index in [0.717, 1.165) is 31.7 Å². The maximum Gasteiger partial charge on any atom is 0.251 e. The van der Waals surface area contributed by atoms with Crippen LogP contribution in [0.15, 0.2) is 24.3 Å². The van der Waals surface area contributed by atoms with Crippen molar-refractivity contribution in [2.45, 2.75) is 25.9 Å². The lowest BCUT2D eigenvalue weighted by Gasteiger charge is -2.12. The SMILES string of the molecule is CCNC(=S)Nc1cccc(C(=O)NCC2CCCO2)c1. The molecule has 0 saturated carbocycles. The largest absolute Gasteiger partial charge is 0.376 e. The third kappa shape index (κ3) is 4.99. The number of benzene rings is 1. The van der Waals surface area contributed by atoms with Gasteiger partial charge in [0.15, 0.2) is 5.11 Å². The minimum atomic E-state index is -0.0940. The first kappa shape index (κ1) is 15.7. The van der Waals surface area contributed by atoms with Crippen LogP contribution in [-0.2, 0) is 4.74 Å². The molecular weight excluding hydrogens is 286 g/mol. The van der Waals surface area contributed by atoms with Crippen LogP contribution in [0.1, 0.15) is 30.1 Å². The van der Waals surface area contributed by atoms with Crippen molar-refractivity contribution in [2.75, 3.05) is 25.0 Å². The van der Waals surface area contributed by atoms with Gasteiger partial charge in [-0.2, -0.15) is 0 Å². The first-order chi connectivity index (χ1) is 10.2. The van der Waals surface area contributed by atoms with Gasteiger partial charge in [-0.3, -0.25) is 4.79 Å². The molecule has 1 aliphatic heterocycles. The third-order valence-corrected chi connectivity index (χ3v) is 3.48. The van der Waals surface area contributed by atoms with Crippen molar-refractivity contribution in [3.05, 3.63) is 29.8 Å². The molecule has 1 unspecified atom stereocenters. The van der Waals surface area contributed by atoms with E-state index in [-0.39, 0.29) is 12.0 Å². The van der Waals surface area contributed by atoms with E-state index < -0.39 is 0 Å². The van der Waals surface area contributed by atoms with Gasteiger partial charge in [-0.1, -0.05) is 6.07 Å². The van der Waals surface area contributed by atoms with Crippen LogP contribution in [0.25, 0.3) is 0 Å². The molecule has 1 heterocycles. The van der Waals surface area contributed by atoms with Gasteiger partial charge in [-0.25, -0.2) is 0 Å². The molecule has 0 spiro atoms. The summed E-state index contributed by atoms with van der Waals surface area (Å²) in [6, 6.07) is 7.28. The normalized spacial score (nSPS) is 17.3. The van der Waals surface area contributed by atoms with Gasteiger partial charge in [0, 0.05) is 30.9 Å². The first-order valence-electron chi connectivity index (χ1n) is 7.23. The van der Waals surface area contributed by atoms with Crippen LogP contribution in [-0.4, -0.2) is 36.8 Å². The molecule has 1 aromatic rings. The van der Waals surface area contributed by atoms with Crippen LogP contribution in [0.3, 0.4) is 0 Å². The second-order valence-electron chi connectivity index (χ2n) is 4.91. The minimum absolute atomic E-state index is 0.0940. The number of hydrogen-bond acceptors (Lipinski definition) is 3. The first-order valence-corrected chi connectivity index (χ1v) is 7.64. The summed E-state index contributed by atoms with van der Waals surface area (Å²) in [5.74, 6) is -0.0940. The van der Waals surface area contributed by atoms with Gasteiger partial charge in [0.1, 0.15) is 0 Å². The van der Waals surface area contributed by atoms with Crippen LogP contribution in [0, 0.1) is 0 Å². The highest BCUT2D eigenvalue weighted by molar-refractivity contribution is 7.80. The lowest BCUT2D eigenvalue weighted by Crippen LogP contribution is -2.32. The van der Waals surface area contributed by atoms with Gasteiger partial charge in [0.25, 0.3) is 5.91 Å². The molecule has 0 aromatic heterocycles. The summed E-state index contributed by atoms with van der Waals surface area (Å²) in [4.78, 5) is 12.1. The third-order valence-electron chi connectivity index (χ3n) is 3.23. The Bertz CT molecular complexity index is 501. The molecule has 0 bridgehead atoms. The zero-order valence-corrected chi connectivity index (χ0v) is 13.0. The highest BCUT2D eigenvalue weighted by atomic mass is 32.1.